The number of hydrogen-bond donors (Lipinski definition) is 2. The molecule has 3 aromatic rings. The lowest BCUT2D eigenvalue weighted by Crippen LogP contribution is -2.46. The van der Waals surface area contributed by atoms with Crippen LogP contribution in [0.1, 0.15) is 46.7 Å². The van der Waals surface area contributed by atoms with Crippen molar-refractivity contribution in [3.05, 3.63) is 86.5 Å². The van der Waals surface area contributed by atoms with Crippen molar-refractivity contribution in [2.75, 3.05) is 23.7 Å². The van der Waals surface area contributed by atoms with Crippen molar-refractivity contribution in [1.82, 2.24) is 9.55 Å². The van der Waals surface area contributed by atoms with Crippen molar-refractivity contribution >= 4 is 11.8 Å². The number of rotatable bonds is 2. The third kappa shape index (κ3) is 4.00. The first-order valence-corrected chi connectivity index (χ1v) is 12.0. The fourth-order valence-electron chi connectivity index (χ4n) is 5.46. The van der Waals surface area contributed by atoms with E-state index in [0.717, 1.165) is 32.4 Å². The molecule has 1 aliphatic heterocycles. The molecule has 1 saturated heterocycles. The number of anilines is 2. The number of nitrogens with zero attached hydrogens (tertiary/aromatic N) is 4. The van der Waals surface area contributed by atoms with Gasteiger partial charge in [0.2, 0.25) is 5.95 Å². The maximum atomic E-state index is 13.8. The summed E-state index contributed by atoms with van der Waals surface area (Å²) in [6.07, 6.45) is 3.00. The van der Waals surface area contributed by atoms with E-state index in [1.165, 1.54) is 27.8 Å². The lowest BCUT2D eigenvalue weighted by atomic mass is 9.73. The predicted molar refractivity (Wildman–Crippen MR) is 137 cm³/mol. The summed E-state index contributed by atoms with van der Waals surface area (Å²) in [5, 5.41) is 8.86. The van der Waals surface area contributed by atoms with Gasteiger partial charge in [-0.15, -0.1) is 0 Å². The zero-order chi connectivity index (χ0) is 25.4. The fraction of sp³-hybridized carbons (Fsp3) is 0.321. The molecular formula is C28H27FN6O. The Morgan fingerprint density at radius 2 is 1.97 bits per heavy atom. The number of nitrogens with two attached hydrogens (primary N) is 2. The number of piperidine rings is 1. The molecule has 1 spiro atoms. The molecule has 2 aliphatic rings. The van der Waals surface area contributed by atoms with Gasteiger partial charge in [0.05, 0.1) is 5.56 Å². The Balaban J connectivity index is 1.32. The number of aromatic nitrogens is 2. The molecule has 1 atom stereocenters. The summed E-state index contributed by atoms with van der Waals surface area (Å²) in [6, 6.07) is 14.5. The average molecular weight is 483 g/mol. The van der Waals surface area contributed by atoms with Gasteiger partial charge < -0.3 is 16.4 Å². The molecule has 0 bridgehead atoms. The first-order valence-electron chi connectivity index (χ1n) is 12.0. The van der Waals surface area contributed by atoms with E-state index in [0.29, 0.717) is 11.5 Å². The maximum absolute atomic E-state index is 13.8. The molecule has 2 heterocycles. The Morgan fingerprint density at radius 1 is 1.22 bits per heavy atom. The number of nitriles is 1. The smallest absolute Gasteiger partial charge is 0.272 e. The van der Waals surface area contributed by atoms with Crippen LogP contribution in [0.5, 0.6) is 0 Å². The highest BCUT2D eigenvalue weighted by Gasteiger charge is 2.46. The molecule has 1 aliphatic carbocycles. The minimum absolute atomic E-state index is 0.0138. The van der Waals surface area contributed by atoms with Gasteiger partial charge in [0.1, 0.15) is 23.3 Å². The van der Waals surface area contributed by atoms with Gasteiger partial charge in [-0.05, 0) is 53.5 Å². The second kappa shape index (κ2) is 9.14. The molecule has 0 unspecified atom stereocenters. The molecule has 2 aromatic carbocycles. The van der Waals surface area contributed by atoms with Gasteiger partial charge >= 0.3 is 0 Å². The maximum Gasteiger partial charge on any atom is 0.272 e. The molecule has 7 nitrogen and oxygen atoms in total. The fourth-order valence-corrected chi connectivity index (χ4v) is 5.46. The van der Waals surface area contributed by atoms with Gasteiger partial charge in [-0.25, -0.2) is 4.39 Å². The normalized spacial score (nSPS) is 17.8. The van der Waals surface area contributed by atoms with Crippen molar-refractivity contribution in [3.63, 3.8) is 0 Å². The number of halogens is 1. The molecule has 8 heteroatoms. The van der Waals surface area contributed by atoms with Crippen LogP contribution < -0.4 is 21.9 Å². The van der Waals surface area contributed by atoms with Gasteiger partial charge in [0.15, 0.2) is 0 Å². The highest BCUT2D eigenvalue weighted by molar-refractivity contribution is 5.54. The number of benzene rings is 2. The standard InChI is InChI=1S/C28H27FN6O/c1-34-26(36)22(8-4-5-18-9-10-20(17-30)23(29)15-18)25(32)33-27(34)35-13-11-28(12-14-35)16-19-6-2-3-7-21(19)24(28)31/h2-3,6-7,9-10,15,24H,5,11-14,16,31-32H2,1H3/t24-/m1/s1. The molecule has 182 valence electrons. The number of fused-ring (bicyclic) bond motifs is 1. The summed E-state index contributed by atoms with van der Waals surface area (Å²) < 4.78 is 15.3. The van der Waals surface area contributed by atoms with Crippen LogP contribution in [0.2, 0.25) is 0 Å². The van der Waals surface area contributed by atoms with Crippen molar-refractivity contribution < 1.29 is 4.39 Å². The second-order valence-electron chi connectivity index (χ2n) is 9.64. The molecule has 4 N–H and O–H groups in total. The van der Waals surface area contributed by atoms with E-state index in [2.05, 4.69) is 39.9 Å². The van der Waals surface area contributed by atoms with E-state index in [-0.39, 0.29) is 40.4 Å². The van der Waals surface area contributed by atoms with Crippen molar-refractivity contribution in [3.8, 4) is 17.9 Å². The number of nitrogen functional groups attached to an aromatic ring is 1. The molecule has 0 amide bonds. The molecule has 1 fully saturated rings. The Hall–Kier alpha value is -4.14. The first kappa shape index (κ1) is 23.6. The van der Waals surface area contributed by atoms with Gasteiger partial charge in [-0.2, -0.15) is 10.2 Å². The predicted octanol–water partition coefficient (Wildman–Crippen LogP) is 2.81. The zero-order valence-electron chi connectivity index (χ0n) is 20.1. The minimum atomic E-state index is -0.594. The third-order valence-electron chi connectivity index (χ3n) is 7.59. The summed E-state index contributed by atoms with van der Waals surface area (Å²) in [4.78, 5) is 19.7. The first-order chi connectivity index (χ1) is 17.3. The monoisotopic (exact) mass is 482 g/mol. The topological polar surface area (TPSA) is 114 Å². The van der Waals surface area contributed by atoms with Crippen molar-refractivity contribution in [2.24, 2.45) is 18.2 Å². The molecule has 36 heavy (non-hydrogen) atoms. The van der Waals surface area contributed by atoms with Crippen LogP contribution in [-0.2, 0) is 19.9 Å². The summed E-state index contributed by atoms with van der Waals surface area (Å²) in [5.74, 6) is 5.70. The van der Waals surface area contributed by atoms with Crippen LogP contribution >= 0.6 is 0 Å². The Bertz CT molecular complexity index is 1500. The largest absolute Gasteiger partial charge is 0.382 e. The lowest BCUT2D eigenvalue weighted by Gasteiger charge is -2.42. The van der Waals surface area contributed by atoms with E-state index >= 15 is 0 Å². The summed E-state index contributed by atoms with van der Waals surface area (Å²) >= 11 is 0. The Kier molecular flexibility index (Phi) is 5.99. The van der Waals surface area contributed by atoms with E-state index in [1.807, 2.05) is 6.07 Å². The highest BCUT2D eigenvalue weighted by Crippen LogP contribution is 2.50. The zero-order valence-corrected chi connectivity index (χ0v) is 20.1. The van der Waals surface area contributed by atoms with Crippen LogP contribution in [0.15, 0.2) is 47.3 Å². The van der Waals surface area contributed by atoms with Crippen molar-refractivity contribution in [1.29, 1.82) is 5.26 Å². The molecule has 0 saturated carbocycles. The second-order valence-corrected chi connectivity index (χ2v) is 9.64. The summed E-state index contributed by atoms with van der Waals surface area (Å²) in [7, 11) is 1.67. The van der Waals surface area contributed by atoms with Crippen LogP contribution in [0.3, 0.4) is 0 Å². The average Bonchev–Trinajstić information content (AvgIpc) is 3.15. The van der Waals surface area contributed by atoms with Crippen LogP contribution in [0, 0.1) is 34.4 Å². The summed E-state index contributed by atoms with van der Waals surface area (Å²) in [6.45, 7) is 1.47. The molecule has 1 aromatic heterocycles. The Labute approximate surface area is 209 Å². The lowest BCUT2D eigenvalue weighted by molar-refractivity contribution is 0.186. The highest BCUT2D eigenvalue weighted by atomic mass is 19.1. The Morgan fingerprint density at radius 3 is 2.67 bits per heavy atom. The van der Waals surface area contributed by atoms with Gasteiger partial charge in [0, 0.05) is 32.6 Å². The van der Waals surface area contributed by atoms with Crippen LogP contribution in [0.25, 0.3) is 0 Å². The van der Waals surface area contributed by atoms with Gasteiger partial charge in [-0.3, -0.25) is 9.36 Å². The minimum Gasteiger partial charge on any atom is -0.382 e. The summed E-state index contributed by atoms with van der Waals surface area (Å²) in [5.41, 5.74) is 15.8. The quantitative estimate of drug-likeness (QED) is 0.543. The van der Waals surface area contributed by atoms with Gasteiger partial charge in [0.25, 0.3) is 5.56 Å². The third-order valence-corrected chi connectivity index (χ3v) is 7.59. The molecular weight excluding hydrogens is 455 g/mol. The van der Waals surface area contributed by atoms with E-state index in [1.54, 1.807) is 19.2 Å². The molecule has 5 rings (SSSR count). The van der Waals surface area contributed by atoms with E-state index < -0.39 is 5.82 Å². The van der Waals surface area contributed by atoms with Crippen LogP contribution in [-0.4, -0.2) is 22.6 Å². The van der Waals surface area contributed by atoms with Crippen molar-refractivity contribution in [2.45, 2.75) is 31.7 Å². The number of hydrogen-bond acceptors (Lipinski definition) is 6. The van der Waals surface area contributed by atoms with E-state index in [9.17, 15) is 9.18 Å². The SMILES string of the molecule is Cn1c(N2CCC3(CC2)Cc2ccccc2[C@H]3N)nc(N)c(C#CCc2ccc(C#N)c(F)c2)c1=O. The molecule has 0 radical (unpaired) electrons. The van der Waals surface area contributed by atoms with E-state index in [4.69, 9.17) is 16.7 Å². The van der Waals surface area contributed by atoms with Crippen LogP contribution in [0.4, 0.5) is 16.2 Å². The van der Waals surface area contributed by atoms with Gasteiger partial charge in [-0.1, -0.05) is 42.2 Å².